The Bertz CT molecular complexity index is 337. The standard InChI is InChI=1S/C13H24N4/c1-12(2)13-10-14-17(11-13)9-8-16-6-4-15(3)5-7-16/h10-12H,4-9H2,1-3H3. The van der Waals surface area contributed by atoms with Crippen LogP contribution in [0.1, 0.15) is 25.3 Å². The van der Waals surface area contributed by atoms with Gasteiger partial charge in [0.15, 0.2) is 0 Å². The second-order valence-corrected chi connectivity index (χ2v) is 5.34. The van der Waals surface area contributed by atoms with E-state index < -0.39 is 0 Å². The van der Waals surface area contributed by atoms with Gasteiger partial charge in [0.2, 0.25) is 0 Å². The summed E-state index contributed by atoms with van der Waals surface area (Å²) in [6.45, 7) is 11.3. The molecule has 17 heavy (non-hydrogen) atoms. The van der Waals surface area contributed by atoms with E-state index in [0.717, 1.165) is 13.1 Å². The molecule has 0 saturated carbocycles. The van der Waals surface area contributed by atoms with Crippen LogP contribution in [0.15, 0.2) is 12.4 Å². The van der Waals surface area contributed by atoms with E-state index in [0.29, 0.717) is 5.92 Å². The van der Waals surface area contributed by atoms with E-state index in [1.807, 2.05) is 6.20 Å². The first-order chi connectivity index (χ1) is 8.15. The van der Waals surface area contributed by atoms with Gasteiger partial charge in [-0.2, -0.15) is 5.10 Å². The fourth-order valence-corrected chi connectivity index (χ4v) is 2.12. The number of aromatic nitrogens is 2. The molecule has 2 rings (SSSR count). The minimum absolute atomic E-state index is 0.576. The number of piperazine rings is 1. The molecule has 0 radical (unpaired) electrons. The van der Waals surface area contributed by atoms with Crippen LogP contribution in [0.25, 0.3) is 0 Å². The highest BCUT2D eigenvalue weighted by Crippen LogP contribution is 2.12. The number of hydrogen-bond donors (Lipinski definition) is 0. The van der Waals surface area contributed by atoms with Gasteiger partial charge in [0.25, 0.3) is 0 Å². The lowest BCUT2D eigenvalue weighted by molar-refractivity contribution is 0.149. The second kappa shape index (κ2) is 5.65. The molecule has 0 atom stereocenters. The Balaban J connectivity index is 1.77. The van der Waals surface area contributed by atoms with Gasteiger partial charge >= 0.3 is 0 Å². The van der Waals surface area contributed by atoms with Crippen molar-refractivity contribution >= 4 is 0 Å². The van der Waals surface area contributed by atoms with Crippen molar-refractivity contribution in [3.8, 4) is 0 Å². The molecule has 0 aromatic carbocycles. The molecule has 4 heteroatoms. The third kappa shape index (κ3) is 3.54. The van der Waals surface area contributed by atoms with Crippen LogP contribution in [-0.4, -0.2) is 59.4 Å². The van der Waals surface area contributed by atoms with Gasteiger partial charge in [0.1, 0.15) is 0 Å². The van der Waals surface area contributed by atoms with Crippen molar-refractivity contribution in [3.63, 3.8) is 0 Å². The molecule has 1 aliphatic heterocycles. The van der Waals surface area contributed by atoms with E-state index in [2.05, 4.69) is 46.7 Å². The molecule has 1 saturated heterocycles. The largest absolute Gasteiger partial charge is 0.304 e. The zero-order chi connectivity index (χ0) is 12.3. The van der Waals surface area contributed by atoms with Crippen molar-refractivity contribution in [3.05, 3.63) is 18.0 Å². The van der Waals surface area contributed by atoms with Gasteiger partial charge in [0.05, 0.1) is 12.7 Å². The topological polar surface area (TPSA) is 24.3 Å². The summed E-state index contributed by atoms with van der Waals surface area (Å²) in [4.78, 5) is 4.91. The van der Waals surface area contributed by atoms with Crippen LogP contribution in [0.2, 0.25) is 0 Å². The summed E-state index contributed by atoms with van der Waals surface area (Å²) in [5.41, 5.74) is 1.34. The number of nitrogens with zero attached hydrogens (tertiary/aromatic N) is 4. The molecule has 0 N–H and O–H groups in total. The quantitative estimate of drug-likeness (QED) is 0.786. The van der Waals surface area contributed by atoms with Crippen LogP contribution < -0.4 is 0 Å². The van der Waals surface area contributed by atoms with Gasteiger partial charge in [-0.05, 0) is 18.5 Å². The van der Waals surface area contributed by atoms with Crippen molar-refractivity contribution < 1.29 is 0 Å². The summed E-state index contributed by atoms with van der Waals surface area (Å²) >= 11 is 0. The van der Waals surface area contributed by atoms with E-state index >= 15 is 0 Å². The minimum Gasteiger partial charge on any atom is -0.304 e. The highest BCUT2D eigenvalue weighted by Gasteiger charge is 2.13. The van der Waals surface area contributed by atoms with Gasteiger partial charge in [-0.15, -0.1) is 0 Å². The van der Waals surface area contributed by atoms with Crippen molar-refractivity contribution in [2.24, 2.45) is 0 Å². The molecule has 4 nitrogen and oxygen atoms in total. The maximum absolute atomic E-state index is 4.42. The first-order valence-corrected chi connectivity index (χ1v) is 6.58. The van der Waals surface area contributed by atoms with Crippen LogP contribution in [0, 0.1) is 0 Å². The zero-order valence-corrected chi connectivity index (χ0v) is 11.3. The van der Waals surface area contributed by atoms with Crippen molar-refractivity contribution in [1.82, 2.24) is 19.6 Å². The molecule has 0 aliphatic carbocycles. The molecule has 0 bridgehead atoms. The lowest BCUT2D eigenvalue weighted by atomic mass is 10.1. The van der Waals surface area contributed by atoms with Gasteiger partial charge in [0, 0.05) is 38.9 Å². The van der Waals surface area contributed by atoms with Crippen LogP contribution in [0.5, 0.6) is 0 Å². The Hall–Kier alpha value is -0.870. The number of rotatable bonds is 4. The summed E-state index contributed by atoms with van der Waals surface area (Å²) in [6.07, 6.45) is 4.18. The third-order valence-corrected chi connectivity index (χ3v) is 3.56. The molecule has 0 unspecified atom stereocenters. The number of hydrogen-bond acceptors (Lipinski definition) is 3. The zero-order valence-electron chi connectivity index (χ0n) is 11.3. The minimum atomic E-state index is 0.576. The van der Waals surface area contributed by atoms with Crippen molar-refractivity contribution in [1.29, 1.82) is 0 Å². The summed E-state index contributed by atoms with van der Waals surface area (Å²) < 4.78 is 2.08. The highest BCUT2D eigenvalue weighted by atomic mass is 15.3. The first kappa shape index (κ1) is 12.6. The molecule has 96 valence electrons. The molecular weight excluding hydrogens is 212 g/mol. The molecule has 2 heterocycles. The van der Waals surface area contributed by atoms with Crippen LogP contribution in [0.3, 0.4) is 0 Å². The molecule has 0 spiro atoms. The Labute approximate surface area is 104 Å². The summed E-state index contributed by atoms with van der Waals surface area (Å²) in [7, 11) is 2.19. The average Bonchev–Trinajstić information content (AvgIpc) is 2.77. The highest BCUT2D eigenvalue weighted by molar-refractivity contribution is 5.08. The number of likely N-dealkylation sites (N-methyl/N-ethyl adjacent to an activating group) is 1. The van der Waals surface area contributed by atoms with E-state index in [1.165, 1.54) is 31.7 Å². The second-order valence-electron chi connectivity index (χ2n) is 5.34. The summed E-state index contributed by atoms with van der Waals surface area (Å²) in [5.74, 6) is 0.576. The average molecular weight is 236 g/mol. The van der Waals surface area contributed by atoms with E-state index in [-0.39, 0.29) is 0 Å². The van der Waals surface area contributed by atoms with Gasteiger partial charge < -0.3 is 4.90 Å². The lowest BCUT2D eigenvalue weighted by Crippen LogP contribution is -2.45. The van der Waals surface area contributed by atoms with Gasteiger partial charge in [-0.25, -0.2) is 0 Å². The lowest BCUT2D eigenvalue weighted by Gasteiger charge is -2.32. The van der Waals surface area contributed by atoms with Gasteiger partial charge in [-0.1, -0.05) is 13.8 Å². The molecule has 1 aliphatic rings. The van der Waals surface area contributed by atoms with Crippen LogP contribution >= 0.6 is 0 Å². The van der Waals surface area contributed by atoms with Crippen LogP contribution in [-0.2, 0) is 6.54 Å². The third-order valence-electron chi connectivity index (χ3n) is 3.56. The molecular formula is C13H24N4. The van der Waals surface area contributed by atoms with Gasteiger partial charge in [-0.3, -0.25) is 9.58 Å². The Morgan fingerprint density at radius 1 is 1.18 bits per heavy atom. The monoisotopic (exact) mass is 236 g/mol. The van der Waals surface area contributed by atoms with Crippen LogP contribution in [0.4, 0.5) is 0 Å². The SMILES string of the molecule is CC(C)c1cnn(CCN2CCN(C)CC2)c1. The summed E-state index contributed by atoms with van der Waals surface area (Å²) in [5, 5.41) is 4.42. The predicted molar refractivity (Wildman–Crippen MR) is 70.3 cm³/mol. The molecule has 1 aromatic rings. The van der Waals surface area contributed by atoms with E-state index in [4.69, 9.17) is 0 Å². The maximum atomic E-state index is 4.42. The van der Waals surface area contributed by atoms with Crippen molar-refractivity contribution in [2.75, 3.05) is 39.8 Å². The summed E-state index contributed by atoms with van der Waals surface area (Å²) in [6, 6.07) is 0. The molecule has 0 amide bonds. The smallest absolute Gasteiger partial charge is 0.0536 e. The first-order valence-electron chi connectivity index (χ1n) is 6.58. The normalized spacial score (nSPS) is 19.1. The molecule has 1 aromatic heterocycles. The molecule has 1 fully saturated rings. The van der Waals surface area contributed by atoms with E-state index in [1.54, 1.807) is 0 Å². The van der Waals surface area contributed by atoms with Crippen molar-refractivity contribution in [2.45, 2.75) is 26.3 Å². The fraction of sp³-hybridized carbons (Fsp3) is 0.769. The predicted octanol–water partition coefficient (Wildman–Crippen LogP) is 1.25. The maximum Gasteiger partial charge on any atom is 0.0536 e. The van der Waals surface area contributed by atoms with E-state index in [9.17, 15) is 0 Å². The Morgan fingerprint density at radius 3 is 2.47 bits per heavy atom. The Morgan fingerprint density at radius 2 is 1.88 bits per heavy atom. The fourth-order valence-electron chi connectivity index (χ4n) is 2.12. The Kier molecular flexibility index (Phi) is 4.18.